The maximum Gasteiger partial charge on any atom is 0.354 e. The molecule has 1 aromatic heterocycles. The van der Waals surface area contributed by atoms with Crippen molar-refractivity contribution < 1.29 is 28.7 Å². The molecule has 0 radical (unpaired) electrons. The maximum absolute atomic E-state index is 12.4. The van der Waals surface area contributed by atoms with Crippen LogP contribution in [-0.2, 0) is 0 Å². The van der Waals surface area contributed by atoms with E-state index in [4.69, 9.17) is 10.2 Å². The SMILES string of the molecule is O=C(O)c1ccc([N+](=O)[O-])c(N(CCO)CC(F)F)n1. The summed E-state index contributed by atoms with van der Waals surface area (Å²) in [5.74, 6) is -1.95. The fourth-order valence-electron chi connectivity index (χ4n) is 1.51. The Balaban J connectivity index is 3.30. The van der Waals surface area contributed by atoms with Gasteiger partial charge in [0.25, 0.3) is 6.43 Å². The van der Waals surface area contributed by atoms with Crippen LogP contribution < -0.4 is 4.90 Å². The van der Waals surface area contributed by atoms with Crippen LogP contribution in [0.2, 0.25) is 0 Å². The highest BCUT2D eigenvalue weighted by Gasteiger charge is 2.25. The van der Waals surface area contributed by atoms with Gasteiger partial charge < -0.3 is 15.1 Å². The van der Waals surface area contributed by atoms with Crippen LogP contribution in [0.3, 0.4) is 0 Å². The smallest absolute Gasteiger partial charge is 0.354 e. The Labute approximate surface area is 111 Å². The second-order valence-electron chi connectivity index (χ2n) is 3.66. The standard InChI is InChI=1S/C10H11F2N3O5/c11-8(12)5-14(3-4-16)9-7(15(19)20)2-1-6(13-9)10(17)18/h1-2,8,16H,3-5H2,(H,17,18). The van der Waals surface area contributed by atoms with Gasteiger partial charge in [-0.1, -0.05) is 0 Å². The maximum atomic E-state index is 12.4. The van der Waals surface area contributed by atoms with Gasteiger partial charge in [0.15, 0.2) is 5.69 Å². The Hall–Kier alpha value is -2.36. The Morgan fingerprint density at radius 1 is 1.50 bits per heavy atom. The molecule has 1 rings (SSSR count). The van der Waals surface area contributed by atoms with Gasteiger partial charge in [0, 0.05) is 12.6 Å². The second-order valence-corrected chi connectivity index (χ2v) is 3.66. The average molecular weight is 291 g/mol. The predicted octanol–water partition coefficient (Wildman–Crippen LogP) is 0.752. The van der Waals surface area contributed by atoms with E-state index in [0.717, 1.165) is 17.0 Å². The molecule has 0 aliphatic carbocycles. The molecular weight excluding hydrogens is 280 g/mol. The van der Waals surface area contributed by atoms with E-state index in [1.807, 2.05) is 0 Å². The molecule has 10 heteroatoms. The number of anilines is 1. The summed E-state index contributed by atoms with van der Waals surface area (Å²) >= 11 is 0. The lowest BCUT2D eigenvalue weighted by molar-refractivity contribution is -0.384. The van der Waals surface area contributed by atoms with Crippen molar-refractivity contribution in [2.24, 2.45) is 0 Å². The molecule has 0 bridgehead atoms. The molecule has 0 saturated heterocycles. The number of rotatable bonds is 7. The lowest BCUT2D eigenvalue weighted by Gasteiger charge is -2.22. The van der Waals surface area contributed by atoms with Crippen LogP contribution in [0.25, 0.3) is 0 Å². The molecule has 1 aromatic rings. The molecule has 0 unspecified atom stereocenters. The first-order valence-electron chi connectivity index (χ1n) is 5.39. The molecule has 0 aromatic carbocycles. The van der Waals surface area contributed by atoms with Gasteiger partial charge in [-0.25, -0.2) is 18.6 Å². The molecule has 8 nitrogen and oxygen atoms in total. The number of nitrogens with zero attached hydrogens (tertiary/aromatic N) is 3. The number of alkyl halides is 2. The molecule has 0 saturated carbocycles. The summed E-state index contributed by atoms with van der Waals surface area (Å²) in [6.07, 6.45) is -2.82. The molecule has 2 N–H and O–H groups in total. The van der Waals surface area contributed by atoms with Crippen LogP contribution in [0.5, 0.6) is 0 Å². The van der Waals surface area contributed by atoms with E-state index in [1.165, 1.54) is 0 Å². The van der Waals surface area contributed by atoms with Gasteiger partial charge in [0.1, 0.15) is 0 Å². The van der Waals surface area contributed by atoms with Crippen LogP contribution in [-0.4, -0.2) is 52.2 Å². The Kier molecular flexibility index (Phi) is 5.26. The van der Waals surface area contributed by atoms with Crippen LogP contribution in [0, 0.1) is 10.1 Å². The normalized spacial score (nSPS) is 10.6. The van der Waals surface area contributed by atoms with Gasteiger partial charge in [-0.05, 0) is 6.07 Å². The minimum absolute atomic E-state index is 0.332. The third kappa shape index (κ3) is 3.82. The van der Waals surface area contributed by atoms with E-state index in [0.29, 0.717) is 0 Å². The van der Waals surface area contributed by atoms with Gasteiger partial charge in [-0.3, -0.25) is 10.1 Å². The van der Waals surface area contributed by atoms with Crippen LogP contribution in [0.15, 0.2) is 12.1 Å². The summed E-state index contributed by atoms with van der Waals surface area (Å²) in [5, 5.41) is 28.4. The lowest BCUT2D eigenvalue weighted by atomic mass is 10.3. The highest BCUT2D eigenvalue weighted by atomic mass is 19.3. The van der Waals surface area contributed by atoms with Crippen molar-refractivity contribution in [3.63, 3.8) is 0 Å². The van der Waals surface area contributed by atoms with Crippen LogP contribution in [0.4, 0.5) is 20.3 Å². The van der Waals surface area contributed by atoms with Crippen molar-refractivity contribution in [3.8, 4) is 0 Å². The Morgan fingerprint density at radius 2 is 2.15 bits per heavy atom. The fourth-order valence-corrected chi connectivity index (χ4v) is 1.51. The van der Waals surface area contributed by atoms with Crippen LogP contribution >= 0.6 is 0 Å². The molecular formula is C10H11F2N3O5. The minimum Gasteiger partial charge on any atom is -0.477 e. The quantitative estimate of drug-likeness (QED) is 0.562. The highest BCUT2D eigenvalue weighted by molar-refractivity contribution is 5.86. The van der Waals surface area contributed by atoms with Crippen molar-refractivity contribution in [1.29, 1.82) is 0 Å². The number of hydrogen-bond donors (Lipinski definition) is 2. The largest absolute Gasteiger partial charge is 0.477 e. The minimum atomic E-state index is -2.82. The summed E-state index contributed by atoms with van der Waals surface area (Å²) in [7, 11) is 0. The molecule has 110 valence electrons. The number of hydrogen-bond acceptors (Lipinski definition) is 6. The third-order valence-corrected chi connectivity index (χ3v) is 2.30. The number of carbonyl (C=O) groups is 1. The van der Waals surface area contributed by atoms with Crippen LogP contribution in [0.1, 0.15) is 10.5 Å². The number of nitro groups is 1. The van der Waals surface area contributed by atoms with Crippen molar-refractivity contribution in [1.82, 2.24) is 4.98 Å². The molecule has 20 heavy (non-hydrogen) atoms. The third-order valence-electron chi connectivity index (χ3n) is 2.30. The van der Waals surface area contributed by atoms with Gasteiger partial charge in [-0.15, -0.1) is 0 Å². The van der Waals surface area contributed by atoms with E-state index in [2.05, 4.69) is 4.98 Å². The first kappa shape index (κ1) is 15.7. The monoisotopic (exact) mass is 291 g/mol. The summed E-state index contributed by atoms with van der Waals surface area (Å²) in [5.41, 5.74) is -1.12. The van der Waals surface area contributed by atoms with Crippen molar-refractivity contribution in [2.75, 3.05) is 24.6 Å². The highest BCUT2D eigenvalue weighted by Crippen LogP contribution is 2.26. The number of aromatic nitrogens is 1. The predicted molar refractivity (Wildman–Crippen MR) is 63.2 cm³/mol. The molecule has 0 aliphatic heterocycles. The fraction of sp³-hybridized carbons (Fsp3) is 0.400. The molecule has 0 amide bonds. The van der Waals surface area contributed by atoms with Gasteiger partial charge in [-0.2, -0.15) is 0 Å². The zero-order valence-corrected chi connectivity index (χ0v) is 10.1. The first-order chi connectivity index (χ1) is 9.36. The first-order valence-corrected chi connectivity index (χ1v) is 5.39. The number of halogens is 2. The summed E-state index contributed by atoms with van der Waals surface area (Å²) in [6, 6.07) is 1.78. The molecule has 1 heterocycles. The molecule has 0 spiro atoms. The summed E-state index contributed by atoms with van der Waals surface area (Å²) in [6.45, 7) is -1.78. The summed E-state index contributed by atoms with van der Waals surface area (Å²) in [4.78, 5) is 25.0. The van der Waals surface area contributed by atoms with E-state index in [1.54, 1.807) is 0 Å². The van der Waals surface area contributed by atoms with Crippen molar-refractivity contribution >= 4 is 17.5 Å². The average Bonchev–Trinajstić information content (AvgIpc) is 2.36. The number of carboxylic acids is 1. The van der Waals surface area contributed by atoms with Crippen molar-refractivity contribution in [2.45, 2.75) is 6.43 Å². The second kappa shape index (κ2) is 6.70. The number of aromatic carboxylic acids is 1. The van der Waals surface area contributed by atoms with Crippen molar-refractivity contribution in [3.05, 3.63) is 27.9 Å². The Morgan fingerprint density at radius 3 is 2.60 bits per heavy atom. The van der Waals surface area contributed by atoms with Gasteiger partial charge >= 0.3 is 11.7 Å². The van der Waals surface area contributed by atoms with E-state index in [9.17, 15) is 23.7 Å². The van der Waals surface area contributed by atoms with E-state index < -0.39 is 47.7 Å². The lowest BCUT2D eigenvalue weighted by Crippen LogP contribution is -2.33. The zero-order valence-electron chi connectivity index (χ0n) is 10.1. The van der Waals surface area contributed by atoms with Gasteiger partial charge in [0.2, 0.25) is 5.82 Å². The summed E-state index contributed by atoms with van der Waals surface area (Å²) < 4.78 is 24.9. The topological polar surface area (TPSA) is 117 Å². The Bertz CT molecular complexity index is 512. The molecule has 0 atom stereocenters. The molecule has 0 aliphatic rings. The number of aliphatic hydroxyl groups excluding tert-OH is 1. The van der Waals surface area contributed by atoms with E-state index in [-0.39, 0.29) is 6.54 Å². The number of carboxylic acid groups (broad SMARTS) is 1. The number of pyridine rings is 1. The number of aliphatic hydroxyl groups is 1. The van der Waals surface area contributed by atoms with E-state index >= 15 is 0 Å². The zero-order chi connectivity index (χ0) is 15.3. The van der Waals surface area contributed by atoms with Gasteiger partial charge in [0.05, 0.1) is 18.1 Å². The molecule has 0 fully saturated rings.